The van der Waals surface area contributed by atoms with Crippen LogP contribution >= 0.6 is 0 Å². The van der Waals surface area contributed by atoms with E-state index in [1.807, 2.05) is 10.3 Å². The first-order valence-corrected chi connectivity index (χ1v) is 6.90. The van der Waals surface area contributed by atoms with Gasteiger partial charge in [0.2, 0.25) is 0 Å². The Labute approximate surface area is 135 Å². The molecular formula is C14H18F3N3O4. The van der Waals surface area contributed by atoms with Crippen molar-refractivity contribution in [1.29, 1.82) is 0 Å². The van der Waals surface area contributed by atoms with E-state index in [0.29, 0.717) is 12.3 Å². The maximum atomic E-state index is 12.6. The van der Waals surface area contributed by atoms with Crippen molar-refractivity contribution in [1.82, 2.24) is 10.3 Å². The minimum absolute atomic E-state index is 0.495. The van der Waals surface area contributed by atoms with E-state index in [1.165, 1.54) is 6.92 Å². The number of esters is 1. The van der Waals surface area contributed by atoms with Gasteiger partial charge in [0.1, 0.15) is 17.3 Å². The van der Waals surface area contributed by atoms with Crippen LogP contribution in [-0.4, -0.2) is 28.6 Å². The van der Waals surface area contributed by atoms with Crippen LogP contribution in [-0.2, 0) is 15.7 Å². The number of H-pyrrole nitrogens is 1. The highest BCUT2D eigenvalue weighted by Crippen LogP contribution is 2.29. The lowest BCUT2D eigenvalue weighted by molar-refractivity contribution is -0.156. The lowest BCUT2D eigenvalue weighted by Gasteiger charge is -2.22. The summed E-state index contributed by atoms with van der Waals surface area (Å²) < 4.78 is 42.8. The molecule has 0 aliphatic carbocycles. The fourth-order valence-corrected chi connectivity index (χ4v) is 1.54. The number of carbonyl (C=O) groups is 2. The highest BCUT2D eigenvalue weighted by atomic mass is 19.4. The Hall–Kier alpha value is -2.52. The molecule has 0 unspecified atom stereocenters. The van der Waals surface area contributed by atoms with Gasteiger partial charge in [-0.2, -0.15) is 13.2 Å². The average molecular weight is 349 g/mol. The lowest BCUT2D eigenvalue weighted by atomic mass is 10.2. The Morgan fingerprint density at radius 2 is 1.83 bits per heavy atom. The molecule has 1 rings (SSSR count). The van der Waals surface area contributed by atoms with Crippen molar-refractivity contribution in [3.63, 3.8) is 0 Å². The summed E-state index contributed by atoms with van der Waals surface area (Å²) in [5.41, 5.74) is -3.40. The number of nitrogens with one attached hydrogen (secondary N) is 3. The van der Waals surface area contributed by atoms with Gasteiger partial charge in [0, 0.05) is 6.20 Å². The van der Waals surface area contributed by atoms with Gasteiger partial charge in [0.25, 0.3) is 5.56 Å². The van der Waals surface area contributed by atoms with Crippen LogP contribution in [0.4, 0.5) is 23.7 Å². The topological polar surface area (TPSA) is 100 Å². The summed E-state index contributed by atoms with van der Waals surface area (Å²) >= 11 is 0. The molecule has 1 atom stereocenters. The van der Waals surface area contributed by atoms with Crippen LogP contribution in [0.5, 0.6) is 0 Å². The Morgan fingerprint density at radius 1 is 1.25 bits per heavy atom. The number of rotatable bonds is 3. The lowest BCUT2D eigenvalue weighted by Crippen LogP contribution is -2.44. The number of pyridine rings is 1. The number of hydrogen-bond acceptors (Lipinski definition) is 4. The second kappa shape index (κ2) is 6.93. The van der Waals surface area contributed by atoms with E-state index in [9.17, 15) is 27.6 Å². The number of amides is 2. The third-order valence-corrected chi connectivity index (χ3v) is 2.59. The smallest absolute Gasteiger partial charge is 0.417 e. The van der Waals surface area contributed by atoms with Crippen molar-refractivity contribution in [2.45, 2.75) is 45.5 Å². The van der Waals surface area contributed by atoms with E-state index in [0.717, 1.165) is 0 Å². The monoisotopic (exact) mass is 349 g/mol. The van der Waals surface area contributed by atoms with E-state index < -0.39 is 46.6 Å². The zero-order valence-electron chi connectivity index (χ0n) is 13.5. The average Bonchev–Trinajstić information content (AvgIpc) is 2.37. The van der Waals surface area contributed by atoms with Crippen LogP contribution in [0.3, 0.4) is 0 Å². The standard InChI is InChI=1S/C14H18F3N3O4/c1-7(11(22)24-13(2,3)4)19-12(23)20-9-5-8(14(15,16)17)6-18-10(9)21/h5-7H,1-4H3,(H,18,21)(H2,19,20,23)/t7-/m0/s1. The molecule has 3 N–H and O–H groups in total. The predicted octanol–water partition coefficient (Wildman–Crippen LogP) is 2.25. The fraction of sp³-hybridized carbons (Fsp3) is 0.500. The number of carbonyl (C=O) groups excluding carboxylic acids is 2. The number of urea groups is 1. The van der Waals surface area contributed by atoms with Crippen molar-refractivity contribution in [2.75, 3.05) is 5.32 Å². The van der Waals surface area contributed by atoms with Crippen molar-refractivity contribution < 1.29 is 27.5 Å². The summed E-state index contributed by atoms with van der Waals surface area (Å²) in [5.74, 6) is -0.726. The molecule has 1 heterocycles. The third kappa shape index (κ3) is 5.94. The fourth-order valence-electron chi connectivity index (χ4n) is 1.54. The summed E-state index contributed by atoms with van der Waals surface area (Å²) in [4.78, 5) is 36.8. The summed E-state index contributed by atoms with van der Waals surface area (Å²) in [6.07, 6.45) is -4.18. The van der Waals surface area contributed by atoms with E-state index in [4.69, 9.17) is 4.74 Å². The number of halogens is 3. The second-order valence-electron chi connectivity index (χ2n) is 5.98. The van der Waals surface area contributed by atoms with Gasteiger partial charge < -0.3 is 20.4 Å². The maximum Gasteiger partial charge on any atom is 0.417 e. The summed E-state index contributed by atoms with van der Waals surface area (Å²) in [6.45, 7) is 6.25. The molecule has 0 bridgehead atoms. The molecule has 0 spiro atoms. The van der Waals surface area contributed by atoms with E-state index >= 15 is 0 Å². The number of anilines is 1. The zero-order valence-corrected chi connectivity index (χ0v) is 13.5. The van der Waals surface area contributed by atoms with Crippen LogP contribution in [0.15, 0.2) is 17.1 Å². The molecule has 0 saturated carbocycles. The van der Waals surface area contributed by atoms with E-state index in [1.54, 1.807) is 20.8 Å². The predicted molar refractivity (Wildman–Crippen MR) is 79.5 cm³/mol. The summed E-state index contributed by atoms with van der Waals surface area (Å²) in [7, 11) is 0. The number of alkyl halides is 3. The largest absolute Gasteiger partial charge is 0.458 e. The molecule has 0 aromatic carbocycles. The Morgan fingerprint density at radius 3 is 2.33 bits per heavy atom. The third-order valence-electron chi connectivity index (χ3n) is 2.59. The molecule has 0 aliphatic heterocycles. The summed E-state index contributed by atoms with van der Waals surface area (Å²) in [6, 6.07) is -1.58. The molecule has 0 saturated heterocycles. The second-order valence-corrected chi connectivity index (χ2v) is 5.98. The van der Waals surface area contributed by atoms with Gasteiger partial charge in [-0.1, -0.05) is 0 Å². The van der Waals surface area contributed by atoms with Crippen LogP contribution in [0, 0.1) is 0 Å². The van der Waals surface area contributed by atoms with Gasteiger partial charge in [0.15, 0.2) is 0 Å². The normalized spacial score (nSPS) is 13.1. The first-order chi connectivity index (χ1) is 10.8. The van der Waals surface area contributed by atoms with Gasteiger partial charge in [-0.3, -0.25) is 4.79 Å². The molecule has 24 heavy (non-hydrogen) atoms. The first-order valence-electron chi connectivity index (χ1n) is 6.90. The number of ether oxygens (including phenoxy) is 1. The van der Waals surface area contributed by atoms with Gasteiger partial charge in [-0.05, 0) is 33.8 Å². The van der Waals surface area contributed by atoms with Crippen LogP contribution in [0.25, 0.3) is 0 Å². The number of hydrogen-bond donors (Lipinski definition) is 3. The van der Waals surface area contributed by atoms with Crippen molar-refractivity contribution >= 4 is 17.7 Å². The van der Waals surface area contributed by atoms with Gasteiger partial charge >= 0.3 is 18.2 Å². The molecule has 1 aromatic rings. The Balaban J connectivity index is 2.78. The summed E-state index contributed by atoms with van der Waals surface area (Å²) in [5, 5.41) is 4.15. The highest BCUT2D eigenvalue weighted by Gasteiger charge is 2.31. The van der Waals surface area contributed by atoms with Gasteiger partial charge in [-0.15, -0.1) is 0 Å². The van der Waals surface area contributed by atoms with Gasteiger partial charge in [0.05, 0.1) is 5.56 Å². The molecule has 1 aromatic heterocycles. The zero-order chi connectivity index (χ0) is 18.7. The molecule has 7 nitrogen and oxygen atoms in total. The molecule has 0 aliphatic rings. The Bertz CT molecular complexity index is 677. The molecule has 0 fully saturated rings. The molecule has 2 amide bonds. The van der Waals surface area contributed by atoms with Crippen molar-refractivity contribution in [3.8, 4) is 0 Å². The maximum absolute atomic E-state index is 12.6. The van der Waals surface area contributed by atoms with Crippen molar-refractivity contribution in [3.05, 3.63) is 28.2 Å². The quantitative estimate of drug-likeness (QED) is 0.729. The molecule has 10 heteroatoms. The van der Waals surface area contributed by atoms with Crippen LogP contribution in [0.2, 0.25) is 0 Å². The minimum atomic E-state index is -4.68. The SMILES string of the molecule is C[C@H](NC(=O)Nc1cc(C(F)(F)F)c[nH]c1=O)C(=O)OC(C)(C)C. The Kier molecular flexibility index (Phi) is 5.64. The number of aromatic amines is 1. The molecule has 0 radical (unpaired) electrons. The van der Waals surface area contributed by atoms with Crippen molar-refractivity contribution in [2.24, 2.45) is 0 Å². The van der Waals surface area contributed by atoms with E-state index in [2.05, 4.69) is 5.32 Å². The van der Waals surface area contributed by atoms with Crippen LogP contribution in [0.1, 0.15) is 33.3 Å². The highest BCUT2D eigenvalue weighted by molar-refractivity contribution is 5.92. The first kappa shape index (κ1) is 19.5. The minimum Gasteiger partial charge on any atom is -0.458 e. The molecular weight excluding hydrogens is 331 g/mol. The van der Waals surface area contributed by atoms with Gasteiger partial charge in [-0.25, -0.2) is 9.59 Å². The molecule has 134 valence electrons. The van der Waals surface area contributed by atoms with E-state index in [-0.39, 0.29) is 0 Å². The number of aromatic nitrogens is 1. The van der Waals surface area contributed by atoms with Crippen LogP contribution < -0.4 is 16.2 Å².